The molecule has 2 aromatic carbocycles. The fourth-order valence-electron chi connectivity index (χ4n) is 5.28. The first-order valence-electron chi connectivity index (χ1n) is 10.5. The number of fused-ring (bicyclic) bond motifs is 4. The second-order valence-corrected chi connectivity index (χ2v) is 8.61. The van der Waals surface area contributed by atoms with Crippen molar-refractivity contribution in [2.24, 2.45) is 7.05 Å². The lowest BCUT2D eigenvalue weighted by atomic mass is 9.80. The Labute approximate surface area is 182 Å². The van der Waals surface area contributed by atoms with Gasteiger partial charge in [-0.25, -0.2) is 0 Å². The number of benzene rings is 2. The molecular formula is C25H25ClN2O2. The lowest BCUT2D eigenvalue weighted by Crippen LogP contribution is -2.49. The molecule has 5 rings (SSSR count). The molecule has 1 amide bonds. The maximum absolute atomic E-state index is 13.7. The van der Waals surface area contributed by atoms with Crippen molar-refractivity contribution >= 4 is 17.5 Å². The summed E-state index contributed by atoms with van der Waals surface area (Å²) in [5.41, 5.74) is 5.69. The highest BCUT2D eigenvalue weighted by atomic mass is 35.5. The number of hydrogen-bond acceptors (Lipinski definition) is 2. The first kappa shape index (κ1) is 19.3. The van der Waals surface area contributed by atoms with E-state index < -0.39 is 0 Å². The number of ether oxygens (including phenoxy) is 1. The molecule has 0 radical (unpaired) electrons. The van der Waals surface area contributed by atoms with E-state index in [9.17, 15) is 4.79 Å². The van der Waals surface area contributed by atoms with Crippen LogP contribution in [0.2, 0.25) is 5.02 Å². The van der Waals surface area contributed by atoms with E-state index in [1.165, 1.54) is 22.4 Å². The lowest BCUT2D eigenvalue weighted by Gasteiger charge is -2.46. The van der Waals surface area contributed by atoms with Crippen molar-refractivity contribution in [2.75, 3.05) is 7.11 Å². The predicted molar refractivity (Wildman–Crippen MR) is 119 cm³/mol. The second-order valence-electron chi connectivity index (χ2n) is 8.23. The van der Waals surface area contributed by atoms with Gasteiger partial charge in [-0.3, -0.25) is 4.79 Å². The number of nitrogens with zero attached hydrogens (tertiary/aromatic N) is 2. The molecule has 4 nitrogen and oxygen atoms in total. The summed E-state index contributed by atoms with van der Waals surface area (Å²) in [5, 5.41) is 0.395. The van der Waals surface area contributed by atoms with Crippen LogP contribution in [-0.2, 0) is 13.5 Å². The molecule has 30 heavy (non-hydrogen) atoms. The number of halogens is 1. The number of amides is 1. The largest absolute Gasteiger partial charge is 0.495 e. The average Bonchev–Trinajstić information content (AvgIpc) is 3.09. The van der Waals surface area contributed by atoms with Crippen molar-refractivity contribution < 1.29 is 9.53 Å². The molecule has 0 spiro atoms. The van der Waals surface area contributed by atoms with Crippen LogP contribution in [0, 0.1) is 0 Å². The fourth-order valence-corrected chi connectivity index (χ4v) is 5.56. The molecule has 1 fully saturated rings. The van der Waals surface area contributed by atoms with Gasteiger partial charge >= 0.3 is 0 Å². The molecule has 0 unspecified atom stereocenters. The van der Waals surface area contributed by atoms with Crippen LogP contribution in [-0.4, -0.2) is 28.5 Å². The van der Waals surface area contributed by atoms with Gasteiger partial charge < -0.3 is 14.2 Å². The van der Waals surface area contributed by atoms with E-state index in [4.69, 9.17) is 16.3 Å². The molecule has 1 saturated heterocycles. The highest BCUT2D eigenvalue weighted by molar-refractivity contribution is 6.35. The molecule has 5 heteroatoms. The standard InChI is InChI=1S/C25H25ClN2O2/c1-27-15-20-19(24(27)16-8-4-3-5-9-16)14-17-10-6-12-21(20)28(17)25(29)18-11-7-13-22(30-2)23(18)26/h3-5,7-9,11,13,15,17,21H,6,10,12,14H2,1-2H3/t17-,21+/m0/s1. The number of methoxy groups -OCH3 is 1. The van der Waals surface area contributed by atoms with Crippen molar-refractivity contribution in [3.05, 3.63) is 76.4 Å². The molecule has 0 N–H and O–H groups in total. The molecule has 3 heterocycles. The summed E-state index contributed by atoms with van der Waals surface area (Å²) < 4.78 is 7.56. The summed E-state index contributed by atoms with van der Waals surface area (Å²) in [7, 11) is 3.68. The average molecular weight is 421 g/mol. The number of rotatable bonds is 3. The minimum Gasteiger partial charge on any atom is -0.495 e. The third kappa shape index (κ3) is 2.93. The summed E-state index contributed by atoms with van der Waals surface area (Å²) in [6, 6.07) is 16.2. The van der Waals surface area contributed by atoms with E-state index in [-0.39, 0.29) is 18.0 Å². The zero-order valence-electron chi connectivity index (χ0n) is 17.3. The van der Waals surface area contributed by atoms with E-state index in [2.05, 4.69) is 47.0 Å². The Balaban J connectivity index is 1.58. The van der Waals surface area contributed by atoms with Crippen LogP contribution in [0.3, 0.4) is 0 Å². The normalized spacial score (nSPS) is 20.0. The molecule has 2 aliphatic rings. The topological polar surface area (TPSA) is 34.5 Å². The Morgan fingerprint density at radius 1 is 1.10 bits per heavy atom. The summed E-state index contributed by atoms with van der Waals surface area (Å²) in [6.07, 6.45) is 6.24. The van der Waals surface area contributed by atoms with Gasteiger partial charge in [-0.15, -0.1) is 0 Å². The lowest BCUT2D eigenvalue weighted by molar-refractivity contribution is 0.0403. The number of carbonyl (C=O) groups excluding carboxylic acids is 1. The number of hydrogen-bond donors (Lipinski definition) is 0. The van der Waals surface area contributed by atoms with Gasteiger partial charge in [-0.1, -0.05) is 48.0 Å². The quantitative estimate of drug-likeness (QED) is 0.549. The molecular weight excluding hydrogens is 396 g/mol. The van der Waals surface area contributed by atoms with E-state index in [0.717, 1.165) is 25.7 Å². The first-order chi connectivity index (χ1) is 14.6. The smallest absolute Gasteiger partial charge is 0.256 e. The zero-order chi connectivity index (χ0) is 20.8. The minimum absolute atomic E-state index is 0.00404. The third-order valence-corrected chi connectivity index (χ3v) is 6.95. The highest BCUT2D eigenvalue weighted by Gasteiger charge is 2.42. The zero-order valence-corrected chi connectivity index (χ0v) is 18.0. The SMILES string of the molecule is COc1cccc(C(=O)N2[C@H]3CCC[C@@H]2c2cn(C)c(-c4ccccc4)c2C3)c1Cl. The van der Waals surface area contributed by atoms with Crippen LogP contribution in [0.1, 0.15) is 46.8 Å². The van der Waals surface area contributed by atoms with Gasteiger partial charge in [-0.2, -0.15) is 0 Å². The van der Waals surface area contributed by atoms with E-state index >= 15 is 0 Å². The van der Waals surface area contributed by atoms with E-state index in [0.29, 0.717) is 16.3 Å². The number of aryl methyl sites for hydroxylation is 1. The van der Waals surface area contributed by atoms with Gasteiger partial charge in [0.1, 0.15) is 5.75 Å². The Hall–Kier alpha value is -2.72. The van der Waals surface area contributed by atoms with Crippen LogP contribution >= 0.6 is 11.6 Å². The fraction of sp³-hybridized carbons (Fsp3) is 0.320. The summed E-state index contributed by atoms with van der Waals surface area (Å²) in [4.78, 5) is 15.7. The summed E-state index contributed by atoms with van der Waals surface area (Å²) in [5.74, 6) is 0.542. The first-order valence-corrected chi connectivity index (χ1v) is 10.9. The summed E-state index contributed by atoms with van der Waals surface area (Å²) >= 11 is 6.51. The maximum Gasteiger partial charge on any atom is 0.256 e. The van der Waals surface area contributed by atoms with Crippen molar-refractivity contribution in [1.82, 2.24) is 9.47 Å². The number of carbonyl (C=O) groups is 1. The van der Waals surface area contributed by atoms with Gasteiger partial charge in [-0.05, 0) is 54.5 Å². The van der Waals surface area contributed by atoms with Gasteiger partial charge in [0.15, 0.2) is 0 Å². The van der Waals surface area contributed by atoms with Crippen molar-refractivity contribution in [3.63, 3.8) is 0 Å². The summed E-state index contributed by atoms with van der Waals surface area (Å²) in [6.45, 7) is 0. The highest BCUT2D eigenvalue weighted by Crippen LogP contribution is 2.46. The van der Waals surface area contributed by atoms with Gasteiger partial charge in [0, 0.05) is 19.3 Å². The molecule has 2 atom stereocenters. The molecule has 2 bridgehead atoms. The molecule has 3 aromatic rings. The van der Waals surface area contributed by atoms with Gasteiger partial charge in [0.25, 0.3) is 5.91 Å². The Bertz CT molecular complexity index is 1110. The maximum atomic E-state index is 13.7. The van der Waals surface area contributed by atoms with Crippen molar-refractivity contribution in [1.29, 1.82) is 0 Å². The Morgan fingerprint density at radius 2 is 1.90 bits per heavy atom. The van der Waals surface area contributed by atoms with E-state index in [1.54, 1.807) is 19.2 Å². The van der Waals surface area contributed by atoms with Crippen LogP contribution < -0.4 is 4.74 Å². The number of piperidine rings is 1. The molecule has 2 aliphatic heterocycles. The molecule has 154 valence electrons. The Morgan fingerprint density at radius 3 is 2.67 bits per heavy atom. The van der Waals surface area contributed by atoms with E-state index in [1.807, 2.05) is 12.1 Å². The van der Waals surface area contributed by atoms with Crippen LogP contribution in [0.15, 0.2) is 54.7 Å². The van der Waals surface area contributed by atoms with Gasteiger partial charge in [0.05, 0.1) is 29.4 Å². The molecule has 0 saturated carbocycles. The third-order valence-electron chi connectivity index (χ3n) is 6.56. The van der Waals surface area contributed by atoms with Crippen LogP contribution in [0.25, 0.3) is 11.3 Å². The Kier molecular flexibility index (Phi) is 4.82. The van der Waals surface area contributed by atoms with Crippen LogP contribution in [0.5, 0.6) is 5.75 Å². The number of aromatic nitrogens is 1. The second kappa shape index (κ2) is 7.51. The molecule has 0 aliphatic carbocycles. The minimum atomic E-state index is 0.00404. The van der Waals surface area contributed by atoms with Gasteiger partial charge in [0.2, 0.25) is 0 Å². The monoisotopic (exact) mass is 420 g/mol. The predicted octanol–water partition coefficient (Wildman–Crippen LogP) is 5.65. The van der Waals surface area contributed by atoms with Crippen LogP contribution in [0.4, 0.5) is 0 Å². The van der Waals surface area contributed by atoms with Crippen molar-refractivity contribution in [2.45, 2.75) is 37.8 Å². The molecule has 1 aromatic heterocycles. The van der Waals surface area contributed by atoms with Crippen molar-refractivity contribution in [3.8, 4) is 17.0 Å².